The highest BCUT2D eigenvalue weighted by molar-refractivity contribution is 8.68. The van der Waals surface area contributed by atoms with Gasteiger partial charge in [-0.25, -0.2) is 0 Å². The van der Waals surface area contributed by atoms with E-state index in [0.717, 1.165) is 0 Å². The Balaban J connectivity index is 2.82. The van der Waals surface area contributed by atoms with Gasteiger partial charge in [0.05, 0.1) is 11.6 Å². The standard InChI is InChI=1S/C8H10N2OS2/c9-8(11)6(5-13-12)7-3-1-2-4-10-7/h1-4,6,12H,5H2,(H2,9,11). The first-order valence-electron chi connectivity index (χ1n) is 3.72. The molecular weight excluding hydrogens is 204 g/mol. The molecule has 0 saturated carbocycles. The van der Waals surface area contributed by atoms with E-state index >= 15 is 0 Å². The van der Waals surface area contributed by atoms with Gasteiger partial charge in [0.1, 0.15) is 0 Å². The normalized spacial score (nSPS) is 12.4. The maximum atomic E-state index is 11.0. The highest BCUT2D eigenvalue weighted by atomic mass is 33.1. The first kappa shape index (κ1) is 10.4. The molecule has 0 spiro atoms. The van der Waals surface area contributed by atoms with Crippen molar-refractivity contribution in [2.24, 2.45) is 5.73 Å². The Morgan fingerprint density at radius 1 is 1.69 bits per heavy atom. The van der Waals surface area contributed by atoms with Crippen molar-refractivity contribution < 1.29 is 4.79 Å². The summed E-state index contributed by atoms with van der Waals surface area (Å²) >= 11 is 3.99. The van der Waals surface area contributed by atoms with Gasteiger partial charge < -0.3 is 5.73 Å². The number of carbonyl (C=O) groups excluding carboxylic acids is 1. The second-order valence-electron chi connectivity index (χ2n) is 2.51. The Morgan fingerprint density at radius 3 is 2.92 bits per heavy atom. The lowest BCUT2D eigenvalue weighted by atomic mass is 10.1. The maximum absolute atomic E-state index is 11.0. The van der Waals surface area contributed by atoms with Crippen LogP contribution in [-0.4, -0.2) is 16.6 Å². The molecule has 0 saturated heterocycles. The third kappa shape index (κ3) is 2.93. The first-order valence-corrected chi connectivity index (χ1v) is 5.76. The number of hydrogen-bond acceptors (Lipinski definition) is 4. The molecule has 0 aliphatic carbocycles. The van der Waals surface area contributed by atoms with Crippen LogP contribution in [0.25, 0.3) is 0 Å². The van der Waals surface area contributed by atoms with Crippen molar-refractivity contribution in [2.45, 2.75) is 5.92 Å². The van der Waals surface area contributed by atoms with E-state index < -0.39 is 0 Å². The lowest BCUT2D eigenvalue weighted by Crippen LogP contribution is -2.23. The SMILES string of the molecule is NC(=O)C(CSS)c1ccccn1. The van der Waals surface area contributed by atoms with E-state index in [1.807, 2.05) is 6.07 Å². The molecule has 1 amide bonds. The largest absolute Gasteiger partial charge is 0.369 e. The minimum atomic E-state index is -0.361. The van der Waals surface area contributed by atoms with Gasteiger partial charge in [0.25, 0.3) is 0 Å². The molecule has 2 N–H and O–H groups in total. The monoisotopic (exact) mass is 214 g/mol. The molecule has 0 fully saturated rings. The van der Waals surface area contributed by atoms with Crippen LogP contribution in [0.15, 0.2) is 24.4 Å². The molecule has 1 unspecified atom stereocenters. The molecule has 5 heteroatoms. The number of pyridine rings is 1. The van der Waals surface area contributed by atoms with Gasteiger partial charge in [0, 0.05) is 11.9 Å². The summed E-state index contributed by atoms with van der Waals surface area (Å²) in [5, 5.41) is 0. The third-order valence-electron chi connectivity index (χ3n) is 1.63. The van der Waals surface area contributed by atoms with Gasteiger partial charge >= 0.3 is 0 Å². The van der Waals surface area contributed by atoms with Crippen LogP contribution in [0.5, 0.6) is 0 Å². The molecule has 3 nitrogen and oxygen atoms in total. The Kier molecular flexibility index (Phi) is 4.11. The number of aromatic nitrogens is 1. The van der Waals surface area contributed by atoms with E-state index in [1.165, 1.54) is 10.8 Å². The highest BCUT2D eigenvalue weighted by Crippen LogP contribution is 2.20. The molecule has 0 aliphatic rings. The number of primary amides is 1. The van der Waals surface area contributed by atoms with Crippen LogP contribution in [0.4, 0.5) is 0 Å². The minimum absolute atomic E-state index is 0.344. The van der Waals surface area contributed by atoms with Crippen molar-refractivity contribution >= 4 is 28.4 Å². The smallest absolute Gasteiger partial charge is 0.227 e. The van der Waals surface area contributed by atoms with Gasteiger partial charge in [-0.15, -0.1) is 11.7 Å². The van der Waals surface area contributed by atoms with E-state index in [9.17, 15) is 4.79 Å². The molecule has 1 rings (SSSR count). The number of nitrogens with zero attached hydrogens (tertiary/aromatic N) is 1. The molecule has 0 aromatic carbocycles. The Bertz CT molecular complexity index is 279. The summed E-state index contributed by atoms with van der Waals surface area (Å²) in [4.78, 5) is 15.1. The number of rotatable bonds is 4. The maximum Gasteiger partial charge on any atom is 0.227 e. The van der Waals surface area contributed by atoms with Gasteiger partial charge in [0.15, 0.2) is 0 Å². The van der Waals surface area contributed by atoms with Gasteiger partial charge in [-0.05, 0) is 12.1 Å². The summed E-state index contributed by atoms with van der Waals surface area (Å²) < 4.78 is 0. The van der Waals surface area contributed by atoms with Crippen molar-refractivity contribution in [1.29, 1.82) is 0 Å². The van der Waals surface area contributed by atoms with E-state index in [4.69, 9.17) is 5.73 Å². The Labute approximate surface area is 85.9 Å². The molecule has 70 valence electrons. The number of amides is 1. The zero-order valence-electron chi connectivity index (χ0n) is 6.88. The molecule has 1 heterocycles. The topological polar surface area (TPSA) is 56.0 Å². The molecule has 1 atom stereocenters. The summed E-state index contributed by atoms with van der Waals surface area (Å²) in [6.45, 7) is 0. The molecule has 0 radical (unpaired) electrons. The highest BCUT2D eigenvalue weighted by Gasteiger charge is 2.17. The predicted molar refractivity (Wildman–Crippen MR) is 57.6 cm³/mol. The van der Waals surface area contributed by atoms with Crippen LogP contribution in [0.1, 0.15) is 11.6 Å². The molecule has 1 aromatic rings. The van der Waals surface area contributed by atoms with Gasteiger partial charge in [-0.1, -0.05) is 16.9 Å². The Morgan fingerprint density at radius 2 is 2.46 bits per heavy atom. The third-order valence-corrected chi connectivity index (χ3v) is 2.56. The summed E-state index contributed by atoms with van der Waals surface area (Å²) in [7, 11) is 1.29. The van der Waals surface area contributed by atoms with Crippen LogP contribution >= 0.6 is 22.5 Å². The summed E-state index contributed by atoms with van der Waals surface area (Å²) in [6.07, 6.45) is 1.65. The number of thiol groups is 1. The molecule has 1 aromatic heterocycles. The summed E-state index contributed by atoms with van der Waals surface area (Å²) in [6, 6.07) is 5.43. The fourth-order valence-corrected chi connectivity index (χ4v) is 1.90. The zero-order chi connectivity index (χ0) is 9.68. The average Bonchev–Trinajstić information content (AvgIpc) is 2.15. The quantitative estimate of drug-likeness (QED) is 0.585. The number of nitrogens with two attached hydrogens (primary N) is 1. The number of hydrogen-bond donors (Lipinski definition) is 2. The van der Waals surface area contributed by atoms with Crippen molar-refractivity contribution in [3.63, 3.8) is 0 Å². The van der Waals surface area contributed by atoms with Crippen molar-refractivity contribution in [2.75, 3.05) is 5.75 Å². The zero-order valence-corrected chi connectivity index (χ0v) is 8.59. The molecule has 0 bridgehead atoms. The summed E-state index contributed by atoms with van der Waals surface area (Å²) in [5.74, 6) is -0.154. The van der Waals surface area contributed by atoms with E-state index in [-0.39, 0.29) is 11.8 Å². The Hall–Kier alpha value is -0.680. The predicted octanol–water partition coefficient (Wildman–Crippen LogP) is 1.23. The van der Waals surface area contributed by atoms with Crippen LogP contribution in [0, 0.1) is 0 Å². The fraction of sp³-hybridized carbons (Fsp3) is 0.250. The van der Waals surface area contributed by atoms with Crippen molar-refractivity contribution in [3.05, 3.63) is 30.1 Å². The van der Waals surface area contributed by atoms with E-state index in [0.29, 0.717) is 11.4 Å². The van der Waals surface area contributed by atoms with Crippen LogP contribution in [0.3, 0.4) is 0 Å². The van der Waals surface area contributed by atoms with Gasteiger partial charge in [0.2, 0.25) is 5.91 Å². The minimum Gasteiger partial charge on any atom is -0.369 e. The van der Waals surface area contributed by atoms with Crippen molar-refractivity contribution in [1.82, 2.24) is 4.98 Å². The van der Waals surface area contributed by atoms with Gasteiger partial charge in [-0.3, -0.25) is 9.78 Å². The summed E-state index contributed by atoms with van der Waals surface area (Å²) in [5.41, 5.74) is 5.93. The average molecular weight is 214 g/mol. The first-order chi connectivity index (χ1) is 6.25. The van der Waals surface area contributed by atoms with E-state index in [2.05, 4.69) is 16.6 Å². The molecule has 0 aliphatic heterocycles. The van der Waals surface area contributed by atoms with Gasteiger partial charge in [-0.2, -0.15) is 0 Å². The van der Waals surface area contributed by atoms with Crippen LogP contribution in [-0.2, 0) is 4.79 Å². The molecule has 13 heavy (non-hydrogen) atoms. The van der Waals surface area contributed by atoms with Crippen molar-refractivity contribution in [3.8, 4) is 0 Å². The van der Waals surface area contributed by atoms with Crippen LogP contribution < -0.4 is 5.73 Å². The second kappa shape index (κ2) is 5.14. The second-order valence-corrected chi connectivity index (χ2v) is 3.87. The fourth-order valence-electron chi connectivity index (χ4n) is 0.970. The van der Waals surface area contributed by atoms with E-state index in [1.54, 1.807) is 18.3 Å². The lowest BCUT2D eigenvalue weighted by molar-refractivity contribution is -0.119. The van der Waals surface area contributed by atoms with Crippen LogP contribution in [0.2, 0.25) is 0 Å². The number of carbonyl (C=O) groups is 1. The molecular formula is C8H10N2OS2. The lowest BCUT2D eigenvalue weighted by Gasteiger charge is -2.09.